The molecule has 0 amide bonds. The molecule has 0 unspecified atom stereocenters. The fourth-order valence-corrected chi connectivity index (χ4v) is 5.27. The molecule has 5 nitrogen and oxygen atoms in total. The van der Waals surface area contributed by atoms with Crippen molar-refractivity contribution >= 4 is 0 Å². The zero-order valence-corrected chi connectivity index (χ0v) is 15.5. The molecule has 140 valence electrons. The van der Waals surface area contributed by atoms with Crippen LogP contribution < -0.4 is 0 Å². The van der Waals surface area contributed by atoms with Crippen molar-refractivity contribution in [3.8, 4) is 0 Å². The van der Waals surface area contributed by atoms with Crippen molar-refractivity contribution in [1.82, 2.24) is 9.80 Å². The number of hydrogen-bond acceptors (Lipinski definition) is 5. The molecule has 3 fully saturated rings. The first-order valence-electron chi connectivity index (χ1n) is 9.84. The van der Waals surface area contributed by atoms with Gasteiger partial charge in [-0.05, 0) is 56.3 Å². The first-order valence-corrected chi connectivity index (χ1v) is 9.84. The molecule has 5 heteroatoms. The van der Waals surface area contributed by atoms with E-state index in [1.165, 1.54) is 45.3 Å². The number of ether oxygens (including phenoxy) is 2. The maximum Gasteiger partial charge on any atom is 0.117 e. The second-order valence-electron chi connectivity index (χ2n) is 8.14. The van der Waals surface area contributed by atoms with Gasteiger partial charge in [0.05, 0.1) is 19.4 Å². The number of rotatable bonds is 5. The summed E-state index contributed by atoms with van der Waals surface area (Å²) in [5.74, 6) is 1.72. The van der Waals surface area contributed by atoms with E-state index in [9.17, 15) is 0 Å². The Morgan fingerprint density at radius 1 is 1.24 bits per heavy atom. The van der Waals surface area contributed by atoms with Gasteiger partial charge >= 0.3 is 0 Å². The largest absolute Gasteiger partial charge is 0.468 e. The highest BCUT2D eigenvalue weighted by atomic mass is 16.5. The van der Waals surface area contributed by atoms with Crippen LogP contribution in [0.25, 0.3) is 0 Å². The van der Waals surface area contributed by atoms with Crippen LogP contribution in [-0.2, 0) is 16.0 Å². The lowest BCUT2D eigenvalue weighted by Crippen LogP contribution is -2.49. The summed E-state index contributed by atoms with van der Waals surface area (Å²) in [6, 6.07) is 4.82. The third-order valence-electron chi connectivity index (χ3n) is 6.71. The highest BCUT2D eigenvalue weighted by Crippen LogP contribution is 2.45. The lowest BCUT2D eigenvalue weighted by atomic mass is 9.71. The van der Waals surface area contributed by atoms with Crippen molar-refractivity contribution < 1.29 is 13.9 Å². The Bertz CT molecular complexity index is 519. The topological polar surface area (TPSA) is 38.1 Å². The average molecular weight is 348 g/mol. The lowest BCUT2D eigenvalue weighted by Gasteiger charge is -2.46. The van der Waals surface area contributed by atoms with Gasteiger partial charge in [0.1, 0.15) is 5.76 Å². The Morgan fingerprint density at radius 2 is 2.04 bits per heavy atom. The number of likely N-dealkylation sites (tertiary alicyclic amines) is 2. The van der Waals surface area contributed by atoms with Crippen LogP contribution in [0.2, 0.25) is 0 Å². The summed E-state index contributed by atoms with van der Waals surface area (Å²) in [7, 11) is 1.85. The Kier molecular flexibility index (Phi) is 5.46. The predicted molar refractivity (Wildman–Crippen MR) is 96.4 cm³/mol. The summed E-state index contributed by atoms with van der Waals surface area (Å²) in [6.07, 6.45) is 6.79. The minimum atomic E-state index is 0.421. The third kappa shape index (κ3) is 3.80. The van der Waals surface area contributed by atoms with Crippen molar-refractivity contribution in [3.05, 3.63) is 24.2 Å². The summed E-state index contributed by atoms with van der Waals surface area (Å²) in [4.78, 5) is 5.31. The quantitative estimate of drug-likeness (QED) is 0.818. The molecule has 3 saturated heterocycles. The van der Waals surface area contributed by atoms with Gasteiger partial charge in [0.2, 0.25) is 0 Å². The Labute approximate surface area is 151 Å². The van der Waals surface area contributed by atoms with Crippen molar-refractivity contribution in [3.63, 3.8) is 0 Å². The Morgan fingerprint density at radius 3 is 2.72 bits per heavy atom. The number of methoxy groups -OCH3 is 1. The van der Waals surface area contributed by atoms with Crippen LogP contribution in [0.3, 0.4) is 0 Å². The van der Waals surface area contributed by atoms with Gasteiger partial charge < -0.3 is 18.8 Å². The maximum absolute atomic E-state index is 5.60. The summed E-state index contributed by atoms with van der Waals surface area (Å²) >= 11 is 0. The van der Waals surface area contributed by atoms with Crippen molar-refractivity contribution in [2.75, 3.05) is 53.1 Å². The van der Waals surface area contributed by atoms with Crippen LogP contribution in [0.15, 0.2) is 22.8 Å². The molecule has 25 heavy (non-hydrogen) atoms. The summed E-state index contributed by atoms with van der Waals surface area (Å²) in [6.45, 7) is 8.48. The van der Waals surface area contributed by atoms with E-state index in [-0.39, 0.29) is 0 Å². The number of hydrogen-bond donors (Lipinski definition) is 0. The second-order valence-corrected chi connectivity index (χ2v) is 8.14. The van der Waals surface area contributed by atoms with E-state index in [0.717, 1.165) is 44.7 Å². The summed E-state index contributed by atoms with van der Waals surface area (Å²) in [5, 5.41) is 0. The van der Waals surface area contributed by atoms with Crippen molar-refractivity contribution in [2.24, 2.45) is 11.3 Å². The highest BCUT2D eigenvalue weighted by Gasteiger charge is 2.48. The third-order valence-corrected chi connectivity index (χ3v) is 6.71. The number of furan rings is 1. The van der Waals surface area contributed by atoms with Crippen LogP contribution in [0.4, 0.5) is 0 Å². The molecule has 1 spiro atoms. The zero-order chi connectivity index (χ0) is 17.1. The fourth-order valence-electron chi connectivity index (χ4n) is 5.27. The average Bonchev–Trinajstić information content (AvgIpc) is 3.26. The van der Waals surface area contributed by atoms with E-state index in [1.54, 1.807) is 6.26 Å². The van der Waals surface area contributed by atoms with Crippen LogP contribution in [0.5, 0.6) is 0 Å². The minimum Gasteiger partial charge on any atom is -0.468 e. The van der Waals surface area contributed by atoms with Gasteiger partial charge in [0.25, 0.3) is 0 Å². The normalized spacial score (nSPS) is 28.8. The molecule has 1 atom stereocenters. The SMILES string of the molecule is COC[C@@H]1CN(Cc2ccco2)CC12CCN(C1CCOCC1)CC2. The molecule has 0 aromatic carbocycles. The molecule has 1 aromatic heterocycles. The molecule has 0 N–H and O–H groups in total. The fraction of sp³-hybridized carbons (Fsp3) is 0.800. The van der Waals surface area contributed by atoms with E-state index in [2.05, 4.69) is 15.9 Å². The van der Waals surface area contributed by atoms with Gasteiger partial charge in [-0.15, -0.1) is 0 Å². The number of nitrogens with zero attached hydrogens (tertiary/aromatic N) is 2. The van der Waals surface area contributed by atoms with E-state index >= 15 is 0 Å². The van der Waals surface area contributed by atoms with E-state index in [1.807, 2.05) is 13.2 Å². The van der Waals surface area contributed by atoms with Gasteiger partial charge in [0.15, 0.2) is 0 Å². The van der Waals surface area contributed by atoms with Crippen LogP contribution in [0, 0.1) is 11.3 Å². The molecule has 0 aliphatic carbocycles. The molecule has 0 saturated carbocycles. The lowest BCUT2D eigenvalue weighted by molar-refractivity contribution is -0.0109. The van der Waals surface area contributed by atoms with E-state index in [0.29, 0.717) is 11.3 Å². The van der Waals surface area contributed by atoms with Crippen LogP contribution in [-0.4, -0.2) is 69.0 Å². The van der Waals surface area contributed by atoms with Gasteiger partial charge in [-0.25, -0.2) is 0 Å². The maximum atomic E-state index is 5.60. The number of piperidine rings is 1. The zero-order valence-electron chi connectivity index (χ0n) is 15.5. The minimum absolute atomic E-state index is 0.421. The summed E-state index contributed by atoms with van der Waals surface area (Å²) < 4.78 is 16.7. The smallest absolute Gasteiger partial charge is 0.117 e. The van der Waals surface area contributed by atoms with E-state index in [4.69, 9.17) is 13.9 Å². The molecular formula is C20H32N2O3. The first-order chi connectivity index (χ1) is 12.3. The molecule has 3 aliphatic heterocycles. The predicted octanol–water partition coefficient (Wildman–Crippen LogP) is 2.62. The molecule has 0 radical (unpaired) electrons. The van der Waals surface area contributed by atoms with Gasteiger partial charge in [-0.2, -0.15) is 0 Å². The molecule has 1 aromatic rings. The van der Waals surface area contributed by atoms with Gasteiger partial charge in [-0.3, -0.25) is 4.90 Å². The first kappa shape index (κ1) is 17.5. The second kappa shape index (κ2) is 7.78. The molecule has 4 rings (SSSR count). The van der Waals surface area contributed by atoms with Gasteiger partial charge in [-0.1, -0.05) is 0 Å². The van der Waals surface area contributed by atoms with Crippen molar-refractivity contribution in [2.45, 2.75) is 38.3 Å². The Balaban J connectivity index is 1.38. The molecule has 3 aliphatic rings. The van der Waals surface area contributed by atoms with Gasteiger partial charge in [0, 0.05) is 45.4 Å². The molecule has 4 heterocycles. The molecule has 0 bridgehead atoms. The van der Waals surface area contributed by atoms with Crippen LogP contribution >= 0.6 is 0 Å². The van der Waals surface area contributed by atoms with Crippen molar-refractivity contribution in [1.29, 1.82) is 0 Å². The van der Waals surface area contributed by atoms with Crippen LogP contribution in [0.1, 0.15) is 31.4 Å². The highest BCUT2D eigenvalue weighted by molar-refractivity contribution is 5.04. The standard InChI is InChI=1S/C20H32N2O3/c1-23-15-17-13-21(14-19-3-2-10-25-19)16-20(17)6-8-22(9-7-20)18-4-11-24-12-5-18/h2-3,10,17-18H,4-9,11-16H2,1H3/t17-/m0/s1. The Hall–Kier alpha value is -0.880. The summed E-state index contributed by atoms with van der Waals surface area (Å²) in [5.41, 5.74) is 0.421. The van der Waals surface area contributed by atoms with E-state index < -0.39 is 0 Å². The monoisotopic (exact) mass is 348 g/mol. The molecular weight excluding hydrogens is 316 g/mol.